The van der Waals surface area contributed by atoms with E-state index in [9.17, 15) is 13.2 Å². The second kappa shape index (κ2) is 4.73. The van der Waals surface area contributed by atoms with Gasteiger partial charge in [0.1, 0.15) is 5.78 Å². The molecule has 1 saturated carbocycles. The third-order valence-electron chi connectivity index (χ3n) is 2.71. The number of carbonyl (C=O) groups is 1. The number of nitriles is 1. The van der Waals surface area contributed by atoms with Gasteiger partial charge in [0.2, 0.25) is 10.0 Å². The molecular weight excluding hydrogens is 216 g/mol. The molecule has 0 aromatic heterocycles. The van der Waals surface area contributed by atoms with Crippen molar-refractivity contribution in [3.8, 4) is 6.07 Å². The van der Waals surface area contributed by atoms with Crippen molar-refractivity contribution in [1.82, 2.24) is 4.31 Å². The van der Waals surface area contributed by atoms with Gasteiger partial charge in [0.15, 0.2) is 5.75 Å². The lowest BCUT2D eigenvalue weighted by Gasteiger charge is -2.29. The van der Waals surface area contributed by atoms with Crippen molar-refractivity contribution in [3.63, 3.8) is 0 Å². The average molecular weight is 230 g/mol. The van der Waals surface area contributed by atoms with Crippen molar-refractivity contribution in [2.24, 2.45) is 0 Å². The Balaban J connectivity index is 2.65. The van der Waals surface area contributed by atoms with Crippen molar-refractivity contribution >= 4 is 15.8 Å². The highest BCUT2D eigenvalue weighted by molar-refractivity contribution is 7.89. The first-order valence-electron chi connectivity index (χ1n) is 4.81. The fourth-order valence-corrected chi connectivity index (χ4v) is 2.73. The largest absolute Gasteiger partial charge is 0.300 e. The molecular formula is C9H14N2O3S. The van der Waals surface area contributed by atoms with Crippen LogP contribution in [0, 0.1) is 11.3 Å². The molecule has 0 spiro atoms. The molecule has 0 bridgehead atoms. The first kappa shape index (κ1) is 12.1. The third-order valence-corrected chi connectivity index (χ3v) is 4.38. The summed E-state index contributed by atoms with van der Waals surface area (Å²) in [6, 6.07) is 1.52. The molecule has 15 heavy (non-hydrogen) atoms. The second-order valence-electron chi connectivity index (χ2n) is 3.70. The number of hydrogen-bond acceptors (Lipinski definition) is 4. The van der Waals surface area contributed by atoms with Crippen LogP contribution in [0.25, 0.3) is 0 Å². The Morgan fingerprint density at radius 2 is 2.00 bits per heavy atom. The highest BCUT2D eigenvalue weighted by atomic mass is 32.2. The highest BCUT2D eigenvalue weighted by Crippen LogP contribution is 2.21. The molecule has 84 valence electrons. The summed E-state index contributed by atoms with van der Waals surface area (Å²) in [4.78, 5) is 11.0. The molecule has 5 nitrogen and oxygen atoms in total. The number of Topliss-reactive ketones (excluding diaryl/α,β-unsaturated/α-hetero) is 1. The predicted molar refractivity (Wildman–Crippen MR) is 54.4 cm³/mol. The number of nitrogens with zero attached hydrogens (tertiary/aromatic N) is 2. The van der Waals surface area contributed by atoms with Gasteiger partial charge < -0.3 is 0 Å². The van der Waals surface area contributed by atoms with Crippen LogP contribution in [-0.4, -0.2) is 37.3 Å². The standard InChI is InChI=1S/C9H14N2O3S/c1-11(15(13,14)7-6-10)8-2-4-9(12)5-3-8/h8H,2-5,7H2,1H3. The van der Waals surface area contributed by atoms with Crippen LogP contribution < -0.4 is 0 Å². The van der Waals surface area contributed by atoms with E-state index in [1.165, 1.54) is 11.4 Å². The number of ketones is 1. The molecule has 0 atom stereocenters. The van der Waals surface area contributed by atoms with Crippen LogP contribution in [0.5, 0.6) is 0 Å². The Labute approximate surface area is 89.7 Å². The Kier molecular flexibility index (Phi) is 3.83. The van der Waals surface area contributed by atoms with E-state index in [1.807, 2.05) is 0 Å². The van der Waals surface area contributed by atoms with Crippen LogP contribution in [-0.2, 0) is 14.8 Å². The van der Waals surface area contributed by atoms with Crippen molar-refractivity contribution in [2.75, 3.05) is 12.8 Å². The molecule has 1 rings (SSSR count). The van der Waals surface area contributed by atoms with E-state index in [1.54, 1.807) is 6.07 Å². The number of sulfonamides is 1. The van der Waals surface area contributed by atoms with Gasteiger partial charge >= 0.3 is 0 Å². The monoisotopic (exact) mass is 230 g/mol. The van der Waals surface area contributed by atoms with E-state index in [0.29, 0.717) is 25.7 Å². The molecule has 0 aromatic rings. The zero-order valence-electron chi connectivity index (χ0n) is 8.64. The molecule has 0 unspecified atom stereocenters. The molecule has 6 heteroatoms. The van der Waals surface area contributed by atoms with Gasteiger partial charge in [-0.15, -0.1) is 0 Å². The van der Waals surface area contributed by atoms with E-state index < -0.39 is 15.8 Å². The van der Waals surface area contributed by atoms with Crippen LogP contribution in [0.1, 0.15) is 25.7 Å². The van der Waals surface area contributed by atoms with Gasteiger partial charge in [-0.05, 0) is 12.8 Å². The van der Waals surface area contributed by atoms with Crippen LogP contribution >= 0.6 is 0 Å². The van der Waals surface area contributed by atoms with Crippen molar-refractivity contribution in [3.05, 3.63) is 0 Å². The molecule has 0 aromatic carbocycles. The minimum Gasteiger partial charge on any atom is -0.300 e. The Bertz CT molecular complexity index is 373. The van der Waals surface area contributed by atoms with E-state index in [0.717, 1.165) is 0 Å². The zero-order chi connectivity index (χ0) is 11.5. The minimum absolute atomic E-state index is 0.124. The average Bonchev–Trinajstić information content (AvgIpc) is 2.18. The van der Waals surface area contributed by atoms with Gasteiger partial charge in [-0.25, -0.2) is 12.7 Å². The second-order valence-corrected chi connectivity index (χ2v) is 5.73. The maximum Gasteiger partial charge on any atom is 0.227 e. The summed E-state index contributed by atoms with van der Waals surface area (Å²) in [7, 11) is -1.99. The smallest absolute Gasteiger partial charge is 0.227 e. The SMILES string of the molecule is CN(C1CCC(=O)CC1)S(=O)(=O)CC#N. The molecule has 0 saturated heterocycles. The highest BCUT2D eigenvalue weighted by Gasteiger charge is 2.29. The zero-order valence-corrected chi connectivity index (χ0v) is 9.46. The molecule has 0 heterocycles. The normalized spacial score (nSPS) is 19.1. The molecule has 1 aliphatic rings. The fourth-order valence-electron chi connectivity index (χ4n) is 1.70. The molecule has 1 aliphatic carbocycles. The lowest BCUT2D eigenvalue weighted by Crippen LogP contribution is -2.40. The van der Waals surface area contributed by atoms with Crippen LogP contribution in [0.15, 0.2) is 0 Å². The summed E-state index contributed by atoms with van der Waals surface area (Å²) in [5.74, 6) is -0.300. The van der Waals surface area contributed by atoms with Crippen LogP contribution in [0.4, 0.5) is 0 Å². The quantitative estimate of drug-likeness (QED) is 0.697. The Hall–Kier alpha value is -0.930. The number of carbonyl (C=O) groups excluding carboxylic acids is 1. The Morgan fingerprint density at radius 1 is 1.47 bits per heavy atom. The fraction of sp³-hybridized carbons (Fsp3) is 0.778. The molecule has 0 N–H and O–H groups in total. The molecule has 0 amide bonds. The summed E-state index contributed by atoms with van der Waals surface area (Å²) in [5, 5.41) is 8.38. The first-order chi connectivity index (χ1) is 6.97. The van der Waals surface area contributed by atoms with Gasteiger partial charge in [-0.2, -0.15) is 5.26 Å². The lowest BCUT2D eigenvalue weighted by atomic mass is 9.95. The topological polar surface area (TPSA) is 78.2 Å². The summed E-state index contributed by atoms with van der Waals surface area (Å²) in [6.45, 7) is 0. The van der Waals surface area contributed by atoms with Crippen molar-refractivity contribution in [2.45, 2.75) is 31.7 Å². The maximum absolute atomic E-state index is 11.5. The van der Waals surface area contributed by atoms with E-state index in [-0.39, 0.29) is 11.8 Å². The van der Waals surface area contributed by atoms with Gasteiger partial charge in [0.25, 0.3) is 0 Å². The molecule has 0 aliphatic heterocycles. The summed E-state index contributed by atoms with van der Waals surface area (Å²) in [6.07, 6.45) is 2.02. The van der Waals surface area contributed by atoms with Crippen molar-refractivity contribution < 1.29 is 13.2 Å². The summed E-state index contributed by atoms with van der Waals surface area (Å²) in [5.41, 5.74) is 0. The maximum atomic E-state index is 11.5. The first-order valence-corrected chi connectivity index (χ1v) is 6.42. The lowest BCUT2D eigenvalue weighted by molar-refractivity contribution is -0.120. The van der Waals surface area contributed by atoms with Gasteiger partial charge in [0, 0.05) is 25.9 Å². The van der Waals surface area contributed by atoms with Crippen LogP contribution in [0.2, 0.25) is 0 Å². The van der Waals surface area contributed by atoms with E-state index in [4.69, 9.17) is 5.26 Å². The molecule has 0 radical (unpaired) electrons. The van der Waals surface area contributed by atoms with E-state index in [2.05, 4.69) is 0 Å². The Morgan fingerprint density at radius 3 is 2.47 bits per heavy atom. The van der Waals surface area contributed by atoms with Crippen LogP contribution in [0.3, 0.4) is 0 Å². The van der Waals surface area contributed by atoms with E-state index >= 15 is 0 Å². The third kappa shape index (κ3) is 3.01. The van der Waals surface area contributed by atoms with Gasteiger partial charge in [-0.3, -0.25) is 4.79 Å². The van der Waals surface area contributed by atoms with Crippen molar-refractivity contribution in [1.29, 1.82) is 5.26 Å². The number of rotatable bonds is 3. The summed E-state index contributed by atoms with van der Waals surface area (Å²) >= 11 is 0. The number of hydrogen-bond donors (Lipinski definition) is 0. The van der Waals surface area contributed by atoms with Gasteiger partial charge in [0.05, 0.1) is 6.07 Å². The predicted octanol–water partition coefficient (Wildman–Crippen LogP) is 0.283. The molecule has 1 fully saturated rings. The van der Waals surface area contributed by atoms with Gasteiger partial charge in [-0.1, -0.05) is 0 Å². The minimum atomic E-state index is -3.47. The summed E-state index contributed by atoms with van der Waals surface area (Å²) < 4.78 is 24.3.